The quantitative estimate of drug-likeness (QED) is 0.660. The van der Waals surface area contributed by atoms with E-state index in [-0.39, 0.29) is 31.0 Å². The molecule has 0 aromatic rings. The van der Waals surface area contributed by atoms with Crippen molar-refractivity contribution in [3.05, 3.63) is 12.3 Å². The fraction of sp³-hybridized carbons (Fsp3) is 0.846. The molecule has 0 aromatic carbocycles. The van der Waals surface area contributed by atoms with Crippen molar-refractivity contribution in [1.29, 1.82) is 0 Å². The van der Waals surface area contributed by atoms with Gasteiger partial charge in [-0.2, -0.15) is 0 Å². The van der Waals surface area contributed by atoms with Crippen LogP contribution in [-0.4, -0.2) is 19.0 Å². The third-order valence-corrected chi connectivity index (χ3v) is 1.63. The van der Waals surface area contributed by atoms with Crippen LogP contribution in [0.15, 0.2) is 12.3 Å². The van der Waals surface area contributed by atoms with Gasteiger partial charge in [-0.3, -0.25) is 0 Å². The van der Waals surface area contributed by atoms with Gasteiger partial charge in [0.2, 0.25) is 0 Å². The lowest BCUT2D eigenvalue weighted by Gasteiger charge is -2.02. The predicted molar refractivity (Wildman–Crippen MR) is 87.1 cm³/mol. The molecule has 0 aromatic heterocycles. The van der Waals surface area contributed by atoms with Crippen LogP contribution in [0.4, 0.5) is 0 Å². The van der Waals surface area contributed by atoms with Crippen molar-refractivity contribution >= 4 is 24.8 Å². The first kappa shape index (κ1) is 30.3. The maximum atomic E-state index is 2.25. The summed E-state index contributed by atoms with van der Waals surface area (Å²) in [5.41, 5.74) is 0. The van der Waals surface area contributed by atoms with Gasteiger partial charge in [0.1, 0.15) is 0 Å². The highest BCUT2D eigenvalue weighted by Gasteiger charge is 1.83. The Labute approximate surface area is 122 Å². The molecule has 2 nitrogen and oxygen atoms in total. The molecule has 110 valence electrons. The lowest BCUT2D eigenvalue weighted by atomic mass is 10.1. The van der Waals surface area contributed by atoms with Crippen LogP contribution in [-0.2, 0) is 0 Å². The number of unbranched alkanes of at least 4 members (excludes halogenated alkanes) is 4. The standard InChI is InChI=1S/C10H21N.C3H8.2ClH.H3N/c1-4-5-6-7-8-9-10-11(2)3;1-3-2;;;/h9-10H,4-8H2,1-3H3;3H2,1-2H3;2*1H;1H3. The van der Waals surface area contributed by atoms with Gasteiger partial charge < -0.3 is 11.1 Å². The minimum Gasteiger partial charge on any atom is -0.384 e. The molecule has 0 aliphatic rings. The molecule has 0 atom stereocenters. The molecule has 0 amide bonds. The summed E-state index contributed by atoms with van der Waals surface area (Å²) in [6, 6.07) is 0. The minimum atomic E-state index is 0. The van der Waals surface area contributed by atoms with Crippen LogP contribution >= 0.6 is 24.8 Å². The predicted octanol–water partition coefficient (Wildman–Crippen LogP) is 5.45. The largest absolute Gasteiger partial charge is 0.384 e. The summed E-state index contributed by atoms with van der Waals surface area (Å²) >= 11 is 0. The minimum absolute atomic E-state index is 0. The first-order valence-corrected chi connectivity index (χ1v) is 6.02. The fourth-order valence-corrected chi connectivity index (χ4v) is 0.974. The molecule has 0 aliphatic heterocycles. The van der Waals surface area contributed by atoms with Crippen molar-refractivity contribution in [2.24, 2.45) is 0 Å². The van der Waals surface area contributed by atoms with Crippen LogP contribution in [0.5, 0.6) is 0 Å². The summed E-state index contributed by atoms with van der Waals surface area (Å²) in [5, 5.41) is 0. The Morgan fingerprint density at radius 1 is 0.882 bits per heavy atom. The molecule has 0 saturated heterocycles. The molecule has 0 radical (unpaired) electrons. The smallest absolute Gasteiger partial charge is 0.00555 e. The summed E-state index contributed by atoms with van der Waals surface area (Å²) < 4.78 is 0. The Morgan fingerprint density at radius 2 is 1.35 bits per heavy atom. The first-order valence-electron chi connectivity index (χ1n) is 6.02. The second kappa shape index (κ2) is 29.8. The molecule has 0 bridgehead atoms. The molecule has 0 unspecified atom stereocenters. The molecule has 0 spiro atoms. The van der Waals surface area contributed by atoms with E-state index in [0.29, 0.717) is 0 Å². The van der Waals surface area contributed by atoms with Crippen molar-refractivity contribution in [3.63, 3.8) is 0 Å². The highest BCUT2D eigenvalue weighted by atomic mass is 35.5. The molecule has 0 rings (SSSR count). The summed E-state index contributed by atoms with van der Waals surface area (Å²) in [7, 11) is 4.12. The van der Waals surface area contributed by atoms with Gasteiger partial charge in [0, 0.05) is 14.1 Å². The lowest BCUT2D eigenvalue weighted by molar-refractivity contribution is 0.558. The molecule has 4 heteroatoms. The molecule has 0 fully saturated rings. The van der Waals surface area contributed by atoms with Gasteiger partial charge in [-0.25, -0.2) is 0 Å². The average Bonchev–Trinajstić information content (AvgIpc) is 2.12. The van der Waals surface area contributed by atoms with Crippen molar-refractivity contribution < 1.29 is 0 Å². The van der Waals surface area contributed by atoms with E-state index in [0.717, 1.165) is 0 Å². The maximum Gasteiger partial charge on any atom is 0.00555 e. The zero-order valence-corrected chi connectivity index (χ0v) is 14.0. The first-order chi connectivity index (χ1) is 6.68. The van der Waals surface area contributed by atoms with Gasteiger partial charge in [0.15, 0.2) is 0 Å². The Balaban J connectivity index is -0.0000000724. The fourth-order valence-electron chi connectivity index (χ4n) is 0.974. The second-order valence-electron chi connectivity index (χ2n) is 3.90. The number of hydrogen-bond acceptors (Lipinski definition) is 2. The zero-order valence-electron chi connectivity index (χ0n) is 12.4. The van der Waals surface area contributed by atoms with Gasteiger partial charge >= 0.3 is 0 Å². The second-order valence-corrected chi connectivity index (χ2v) is 3.90. The molecular weight excluding hydrogens is 255 g/mol. The van der Waals surface area contributed by atoms with Gasteiger partial charge in [0.05, 0.1) is 0 Å². The summed E-state index contributed by atoms with van der Waals surface area (Å²) in [4.78, 5) is 2.08. The average molecular weight is 289 g/mol. The number of halogens is 2. The molecule has 3 N–H and O–H groups in total. The van der Waals surface area contributed by atoms with Crippen LogP contribution in [0, 0.1) is 0 Å². The number of nitrogens with zero attached hydrogens (tertiary/aromatic N) is 1. The Bertz CT molecular complexity index is 118. The normalized spacial score (nSPS) is 8.06. The topological polar surface area (TPSA) is 38.2 Å². The third kappa shape index (κ3) is 48.8. The van der Waals surface area contributed by atoms with E-state index in [2.05, 4.69) is 52.0 Å². The van der Waals surface area contributed by atoms with Crippen LogP contribution in [0.25, 0.3) is 0 Å². The maximum absolute atomic E-state index is 2.25. The van der Waals surface area contributed by atoms with Crippen molar-refractivity contribution in [2.75, 3.05) is 14.1 Å². The van der Waals surface area contributed by atoms with Crippen LogP contribution in [0.2, 0.25) is 0 Å². The van der Waals surface area contributed by atoms with E-state index in [1.54, 1.807) is 0 Å². The van der Waals surface area contributed by atoms with E-state index in [9.17, 15) is 0 Å². The van der Waals surface area contributed by atoms with E-state index in [1.807, 2.05) is 0 Å². The molecule has 0 aliphatic carbocycles. The van der Waals surface area contributed by atoms with Gasteiger partial charge in [-0.1, -0.05) is 52.5 Å². The summed E-state index contributed by atoms with van der Waals surface area (Å²) in [6.07, 6.45) is 12.3. The van der Waals surface area contributed by atoms with Crippen molar-refractivity contribution in [1.82, 2.24) is 11.1 Å². The molecular formula is C13H34Cl2N2. The van der Waals surface area contributed by atoms with Crippen molar-refractivity contribution in [3.8, 4) is 0 Å². The van der Waals surface area contributed by atoms with Gasteiger partial charge in [-0.05, 0) is 19.0 Å². The van der Waals surface area contributed by atoms with Crippen LogP contribution < -0.4 is 6.15 Å². The lowest BCUT2D eigenvalue weighted by Crippen LogP contribution is -1.99. The number of rotatable bonds is 6. The molecule has 0 saturated carbocycles. The number of allylic oxidation sites excluding steroid dienone is 1. The van der Waals surface area contributed by atoms with E-state index in [1.165, 1.54) is 38.5 Å². The molecule has 17 heavy (non-hydrogen) atoms. The van der Waals surface area contributed by atoms with E-state index >= 15 is 0 Å². The van der Waals surface area contributed by atoms with Crippen molar-refractivity contribution in [2.45, 2.75) is 59.3 Å². The highest BCUT2D eigenvalue weighted by Crippen LogP contribution is 2.02. The van der Waals surface area contributed by atoms with Gasteiger partial charge in [0.25, 0.3) is 0 Å². The van der Waals surface area contributed by atoms with E-state index < -0.39 is 0 Å². The van der Waals surface area contributed by atoms with Crippen LogP contribution in [0.3, 0.4) is 0 Å². The van der Waals surface area contributed by atoms with Gasteiger partial charge in [-0.15, -0.1) is 24.8 Å². The highest BCUT2D eigenvalue weighted by molar-refractivity contribution is 5.85. The molecule has 0 heterocycles. The zero-order chi connectivity index (χ0) is 11.2. The summed E-state index contributed by atoms with van der Waals surface area (Å²) in [6.45, 7) is 6.50. The SMILES string of the molecule is CCC.CCCCCCC=CN(C)C.Cl.Cl.N. The Morgan fingerprint density at radius 3 is 1.71 bits per heavy atom. The monoisotopic (exact) mass is 288 g/mol. The Hall–Kier alpha value is 0.0800. The summed E-state index contributed by atoms with van der Waals surface area (Å²) in [5.74, 6) is 0. The Kier molecular flexibility index (Phi) is 53.0. The van der Waals surface area contributed by atoms with Crippen LogP contribution in [0.1, 0.15) is 59.3 Å². The third-order valence-electron chi connectivity index (χ3n) is 1.63. The van der Waals surface area contributed by atoms with E-state index in [4.69, 9.17) is 0 Å². The number of hydrogen-bond donors (Lipinski definition) is 1.